The smallest absolute Gasteiger partial charge is 0.417 e. The van der Waals surface area contributed by atoms with Crippen molar-refractivity contribution in [2.24, 2.45) is 0 Å². The van der Waals surface area contributed by atoms with E-state index in [1.54, 1.807) is 31.4 Å². The van der Waals surface area contributed by atoms with E-state index in [0.29, 0.717) is 17.9 Å². The summed E-state index contributed by atoms with van der Waals surface area (Å²) in [5.74, 6) is 0.658. The zero-order valence-electron chi connectivity index (χ0n) is 18.8. The molecule has 1 aliphatic rings. The second-order valence-corrected chi connectivity index (χ2v) is 8.04. The van der Waals surface area contributed by atoms with Gasteiger partial charge in [-0.15, -0.1) is 24.8 Å². The average molecular weight is 513 g/mol. The van der Waals surface area contributed by atoms with Gasteiger partial charge >= 0.3 is 6.18 Å². The minimum Gasteiger partial charge on any atom is -0.496 e. The summed E-state index contributed by atoms with van der Waals surface area (Å²) in [5, 5.41) is 7.21. The van der Waals surface area contributed by atoms with E-state index in [4.69, 9.17) is 4.74 Å². The van der Waals surface area contributed by atoms with E-state index in [-0.39, 0.29) is 42.5 Å². The lowest BCUT2D eigenvalue weighted by atomic mass is 9.92. The van der Waals surface area contributed by atoms with Gasteiger partial charge in [-0.3, -0.25) is 0 Å². The fourth-order valence-electron chi connectivity index (χ4n) is 4.43. The predicted molar refractivity (Wildman–Crippen MR) is 135 cm³/mol. The van der Waals surface area contributed by atoms with E-state index in [1.165, 1.54) is 17.7 Å². The monoisotopic (exact) mass is 512 g/mol. The van der Waals surface area contributed by atoms with Crippen LogP contribution in [-0.2, 0) is 12.7 Å². The molecule has 0 amide bonds. The minimum absolute atomic E-state index is 0. The van der Waals surface area contributed by atoms with Gasteiger partial charge in [-0.05, 0) is 54.3 Å². The molecule has 0 unspecified atom stereocenters. The van der Waals surface area contributed by atoms with Crippen LogP contribution in [0.2, 0.25) is 0 Å². The molecule has 0 saturated carbocycles. The van der Waals surface area contributed by atoms with Crippen molar-refractivity contribution in [1.82, 2.24) is 10.6 Å². The third kappa shape index (κ3) is 6.45. The Kier molecular flexibility index (Phi) is 10.3. The topological polar surface area (TPSA) is 33.3 Å². The Morgan fingerprint density at radius 3 is 2.38 bits per heavy atom. The van der Waals surface area contributed by atoms with Crippen LogP contribution in [0.5, 0.6) is 5.75 Å². The van der Waals surface area contributed by atoms with Crippen LogP contribution in [0.4, 0.5) is 13.2 Å². The molecule has 4 rings (SSSR count). The van der Waals surface area contributed by atoms with Crippen molar-refractivity contribution in [2.75, 3.05) is 13.7 Å². The number of hydrogen-bond donors (Lipinski definition) is 2. The SMILES string of the molecule is COc1ccc(-c2ccccc2C(F)(F)F)cc1CN[C@@H]1CCCN[C@@H]1c1ccccc1.Cl.Cl. The van der Waals surface area contributed by atoms with Gasteiger partial charge in [0.1, 0.15) is 5.75 Å². The van der Waals surface area contributed by atoms with Crippen LogP contribution in [0.25, 0.3) is 11.1 Å². The Balaban J connectivity index is 0.00000204. The quantitative estimate of drug-likeness (QED) is 0.380. The predicted octanol–water partition coefficient (Wildman–Crippen LogP) is 6.81. The van der Waals surface area contributed by atoms with Crippen LogP contribution in [0.15, 0.2) is 72.8 Å². The summed E-state index contributed by atoms with van der Waals surface area (Å²) in [4.78, 5) is 0. The molecule has 1 aliphatic heterocycles. The van der Waals surface area contributed by atoms with Crippen molar-refractivity contribution in [1.29, 1.82) is 0 Å². The standard InChI is InChI=1S/C26H27F3N2O.2ClH/c1-32-24-14-13-19(21-10-5-6-11-22(21)26(27,28)29)16-20(24)17-31-23-12-7-15-30-25(23)18-8-3-2-4-9-18;;/h2-6,8-11,13-14,16,23,25,30-31H,7,12,15,17H2,1H3;2*1H/t23-,25-;;/m1../s1. The van der Waals surface area contributed by atoms with Crippen molar-refractivity contribution in [3.05, 3.63) is 89.5 Å². The van der Waals surface area contributed by atoms with Gasteiger partial charge in [0.05, 0.1) is 12.7 Å². The van der Waals surface area contributed by atoms with Crippen LogP contribution in [0.3, 0.4) is 0 Å². The molecular formula is C26H29Cl2F3N2O. The highest BCUT2D eigenvalue weighted by Crippen LogP contribution is 2.38. The molecule has 0 radical (unpaired) electrons. The van der Waals surface area contributed by atoms with Crippen molar-refractivity contribution in [2.45, 2.75) is 37.6 Å². The zero-order chi connectivity index (χ0) is 22.6. The number of halogens is 5. The van der Waals surface area contributed by atoms with E-state index in [1.807, 2.05) is 18.2 Å². The van der Waals surface area contributed by atoms with Gasteiger partial charge in [0.25, 0.3) is 0 Å². The summed E-state index contributed by atoms with van der Waals surface area (Å²) in [6, 6.07) is 21.6. The van der Waals surface area contributed by atoms with Crippen molar-refractivity contribution >= 4 is 24.8 Å². The number of hydrogen-bond acceptors (Lipinski definition) is 3. The van der Waals surface area contributed by atoms with Crippen LogP contribution < -0.4 is 15.4 Å². The maximum absolute atomic E-state index is 13.5. The Morgan fingerprint density at radius 2 is 1.68 bits per heavy atom. The van der Waals surface area contributed by atoms with Crippen molar-refractivity contribution in [3.8, 4) is 16.9 Å². The summed E-state index contributed by atoms with van der Waals surface area (Å²) in [5.41, 5.74) is 2.12. The third-order valence-electron chi connectivity index (χ3n) is 6.00. The van der Waals surface area contributed by atoms with Gasteiger partial charge in [-0.25, -0.2) is 0 Å². The van der Waals surface area contributed by atoms with E-state index < -0.39 is 11.7 Å². The highest BCUT2D eigenvalue weighted by atomic mass is 35.5. The van der Waals surface area contributed by atoms with Crippen LogP contribution in [0.1, 0.15) is 35.6 Å². The summed E-state index contributed by atoms with van der Waals surface area (Å²) < 4.78 is 46.1. The molecule has 3 aromatic carbocycles. The molecule has 3 aromatic rings. The fraction of sp³-hybridized carbons (Fsp3) is 0.308. The highest BCUT2D eigenvalue weighted by Gasteiger charge is 2.33. The highest BCUT2D eigenvalue weighted by molar-refractivity contribution is 5.85. The molecule has 1 heterocycles. The third-order valence-corrected chi connectivity index (χ3v) is 6.00. The lowest BCUT2D eigenvalue weighted by Gasteiger charge is -2.34. The Labute approximate surface area is 210 Å². The first-order valence-electron chi connectivity index (χ1n) is 10.8. The Hall–Kier alpha value is -2.25. The summed E-state index contributed by atoms with van der Waals surface area (Å²) in [6.45, 7) is 1.46. The molecule has 34 heavy (non-hydrogen) atoms. The molecule has 0 bridgehead atoms. The molecule has 1 saturated heterocycles. The Morgan fingerprint density at radius 1 is 0.971 bits per heavy atom. The number of piperidine rings is 1. The van der Waals surface area contributed by atoms with Crippen LogP contribution in [0, 0.1) is 0 Å². The normalized spacial score (nSPS) is 17.9. The first-order valence-corrected chi connectivity index (χ1v) is 10.8. The molecular weight excluding hydrogens is 484 g/mol. The minimum atomic E-state index is -4.41. The summed E-state index contributed by atoms with van der Waals surface area (Å²) >= 11 is 0. The average Bonchev–Trinajstić information content (AvgIpc) is 2.83. The maximum atomic E-state index is 13.5. The van der Waals surface area contributed by atoms with E-state index >= 15 is 0 Å². The molecule has 1 fully saturated rings. The van der Waals surface area contributed by atoms with Gasteiger partial charge in [0.2, 0.25) is 0 Å². The van der Waals surface area contributed by atoms with Crippen LogP contribution in [-0.4, -0.2) is 19.7 Å². The van der Waals surface area contributed by atoms with Crippen molar-refractivity contribution < 1.29 is 17.9 Å². The van der Waals surface area contributed by atoms with E-state index in [9.17, 15) is 13.2 Å². The molecule has 0 spiro atoms. The van der Waals surface area contributed by atoms with Gasteiger partial charge in [-0.1, -0.05) is 54.6 Å². The molecule has 2 N–H and O–H groups in total. The fourth-order valence-corrected chi connectivity index (χ4v) is 4.43. The van der Waals surface area contributed by atoms with Crippen LogP contribution >= 0.6 is 24.8 Å². The summed E-state index contributed by atoms with van der Waals surface area (Å²) in [7, 11) is 1.58. The zero-order valence-corrected chi connectivity index (χ0v) is 20.4. The molecule has 0 aliphatic carbocycles. The number of benzene rings is 3. The molecule has 3 nitrogen and oxygen atoms in total. The van der Waals surface area contributed by atoms with E-state index in [2.05, 4.69) is 22.8 Å². The lowest BCUT2D eigenvalue weighted by Crippen LogP contribution is -2.45. The number of alkyl halides is 3. The molecule has 184 valence electrons. The number of ether oxygens (including phenoxy) is 1. The van der Waals surface area contributed by atoms with Gasteiger partial charge in [-0.2, -0.15) is 13.2 Å². The first kappa shape index (κ1) is 28.0. The summed E-state index contributed by atoms with van der Waals surface area (Å²) in [6.07, 6.45) is -2.33. The molecule has 8 heteroatoms. The number of rotatable bonds is 6. The van der Waals surface area contributed by atoms with Gasteiger partial charge in [0.15, 0.2) is 0 Å². The molecule has 2 atom stereocenters. The van der Waals surface area contributed by atoms with Crippen molar-refractivity contribution in [3.63, 3.8) is 0 Å². The molecule has 0 aromatic heterocycles. The van der Waals surface area contributed by atoms with Gasteiger partial charge in [0, 0.05) is 24.2 Å². The first-order chi connectivity index (χ1) is 15.5. The second kappa shape index (κ2) is 12.5. The van der Waals surface area contributed by atoms with Gasteiger partial charge < -0.3 is 15.4 Å². The Bertz CT molecular complexity index is 1050. The second-order valence-electron chi connectivity index (χ2n) is 8.04. The lowest BCUT2D eigenvalue weighted by molar-refractivity contribution is -0.137. The number of methoxy groups -OCH3 is 1. The van der Waals surface area contributed by atoms with E-state index in [0.717, 1.165) is 31.0 Å². The maximum Gasteiger partial charge on any atom is 0.417 e. The largest absolute Gasteiger partial charge is 0.496 e. The number of nitrogens with one attached hydrogen (secondary N) is 2.